The van der Waals surface area contributed by atoms with Crippen molar-refractivity contribution in [3.8, 4) is 0 Å². The smallest absolute Gasteiger partial charge is 0.0750 e. The lowest BCUT2D eigenvalue weighted by Crippen LogP contribution is -2.22. The van der Waals surface area contributed by atoms with Crippen molar-refractivity contribution in [2.45, 2.75) is 24.1 Å². The van der Waals surface area contributed by atoms with Crippen molar-refractivity contribution in [2.75, 3.05) is 5.75 Å². The fraction of sp³-hybridized carbons (Fsp3) is 0.357. The maximum Gasteiger partial charge on any atom is 0.0750 e. The summed E-state index contributed by atoms with van der Waals surface area (Å²) in [6, 6.07) is 10.5. The van der Waals surface area contributed by atoms with Crippen molar-refractivity contribution in [3.63, 3.8) is 0 Å². The average Bonchev–Trinajstić information content (AvgIpc) is 2.91. The van der Waals surface area contributed by atoms with Gasteiger partial charge in [0.25, 0.3) is 0 Å². The molecule has 1 aliphatic heterocycles. The van der Waals surface area contributed by atoms with Crippen molar-refractivity contribution in [3.05, 3.63) is 42.1 Å². The number of hydrogen-bond acceptors (Lipinski definition) is 3. The third-order valence-electron chi connectivity index (χ3n) is 3.39. The number of thioether (sulfide) groups is 1. The largest absolute Gasteiger partial charge is 0.323 e. The van der Waals surface area contributed by atoms with Gasteiger partial charge >= 0.3 is 0 Å². The number of pyridine rings is 1. The summed E-state index contributed by atoms with van der Waals surface area (Å²) >= 11 is 2.00. The highest BCUT2D eigenvalue weighted by atomic mass is 32.2. The number of para-hydroxylation sites is 1. The average molecular weight is 244 g/mol. The first-order valence-corrected chi connectivity index (χ1v) is 7.12. The fourth-order valence-corrected chi connectivity index (χ4v) is 3.81. The Balaban J connectivity index is 2.04. The third kappa shape index (κ3) is 2.05. The SMILES string of the molecule is NC(c1cccc2cccnc12)C1CCCS1. The quantitative estimate of drug-likeness (QED) is 0.882. The lowest BCUT2D eigenvalue weighted by molar-refractivity contribution is 0.648. The zero-order valence-corrected chi connectivity index (χ0v) is 10.5. The molecule has 3 rings (SSSR count). The van der Waals surface area contributed by atoms with Crippen LogP contribution in [0.2, 0.25) is 0 Å². The molecule has 2 unspecified atom stereocenters. The predicted molar refractivity (Wildman–Crippen MR) is 74.2 cm³/mol. The standard InChI is InChI=1S/C14H16N2S/c15-13(12-7-3-9-17-12)11-6-1-4-10-5-2-8-16-14(10)11/h1-2,4-6,8,12-13H,3,7,9,15H2. The first-order chi connectivity index (χ1) is 8.36. The second-order valence-electron chi connectivity index (χ2n) is 4.50. The number of aromatic nitrogens is 1. The highest BCUT2D eigenvalue weighted by Crippen LogP contribution is 2.36. The molecule has 1 fully saturated rings. The molecule has 0 spiro atoms. The number of fused-ring (bicyclic) bond motifs is 1. The minimum Gasteiger partial charge on any atom is -0.323 e. The van der Waals surface area contributed by atoms with Gasteiger partial charge in [0.2, 0.25) is 0 Å². The van der Waals surface area contributed by atoms with E-state index in [4.69, 9.17) is 5.73 Å². The number of rotatable bonds is 2. The number of benzene rings is 1. The first kappa shape index (κ1) is 11.1. The normalized spacial score (nSPS) is 21.8. The van der Waals surface area contributed by atoms with E-state index in [0.717, 1.165) is 5.52 Å². The van der Waals surface area contributed by atoms with Gasteiger partial charge in [-0.1, -0.05) is 24.3 Å². The Kier molecular flexibility index (Phi) is 3.04. The summed E-state index contributed by atoms with van der Waals surface area (Å²) in [5, 5.41) is 1.74. The van der Waals surface area contributed by atoms with Gasteiger partial charge in [0.05, 0.1) is 5.52 Å². The molecular weight excluding hydrogens is 228 g/mol. The zero-order valence-electron chi connectivity index (χ0n) is 9.67. The molecule has 2 atom stereocenters. The Labute approximate surface area is 106 Å². The van der Waals surface area contributed by atoms with Crippen LogP contribution in [0.3, 0.4) is 0 Å². The van der Waals surface area contributed by atoms with Crippen molar-refractivity contribution in [2.24, 2.45) is 5.73 Å². The second-order valence-corrected chi connectivity index (χ2v) is 5.85. The van der Waals surface area contributed by atoms with Gasteiger partial charge in [0.1, 0.15) is 0 Å². The van der Waals surface area contributed by atoms with Crippen LogP contribution in [0, 0.1) is 0 Å². The number of hydrogen-bond donors (Lipinski definition) is 1. The van der Waals surface area contributed by atoms with Gasteiger partial charge in [-0.3, -0.25) is 4.98 Å². The number of nitrogens with two attached hydrogens (primary N) is 1. The topological polar surface area (TPSA) is 38.9 Å². The molecule has 1 aromatic heterocycles. The lowest BCUT2D eigenvalue weighted by atomic mass is 9.99. The summed E-state index contributed by atoms with van der Waals surface area (Å²) in [5.41, 5.74) is 8.67. The van der Waals surface area contributed by atoms with E-state index in [0.29, 0.717) is 5.25 Å². The Hall–Kier alpha value is -1.06. The maximum absolute atomic E-state index is 6.41. The molecular formula is C14H16N2S. The van der Waals surface area contributed by atoms with Crippen LogP contribution in [0.5, 0.6) is 0 Å². The minimum absolute atomic E-state index is 0.112. The Morgan fingerprint density at radius 3 is 3.00 bits per heavy atom. The molecule has 2 N–H and O–H groups in total. The van der Waals surface area contributed by atoms with Crippen molar-refractivity contribution in [1.29, 1.82) is 0 Å². The Morgan fingerprint density at radius 1 is 1.29 bits per heavy atom. The van der Waals surface area contributed by atoms with Crippen LogP contribution >= 0.6 is 11.8 Å². The van der Waals surface area contributed by atoms with Crippen LogP contribution in [0.25, 0.3) is 10.9 Å². The van der Waals surface area contributed by atoms with Gasteiger partial charge in [-0.25, -0.2) is 0 Å². The Morgan fingerprint density at radius 2 is 2.18 bits per heavy atom. The minimum atomic E-state index is 0.112. The van der Waals surface area contributed by atoms with Crippen LogP contribution in [0.1, 0.15) is 24.4 Å². The fourth-order valence-electron chi connectivity index (χ4n) is 2.48. The summed E-state index contributed by atoms with van der Waals surface area (Å²) in [7, 11) is 0. The first-order valence-electron chi connectivity index (χ1n) is 6.07. The maximum atomic E-state index is 6.41. The van der Waals surface area contributed by atoms with E-state index in [1.165, 1.54) is 29.5 Å². The molecule has 1 aliphatic rings. The third-order valence-corrected chi connectivity index (χ3v) is 4.87. The zero-order chi connectivity index (χ0) is 11.7. The van der Waals surface area contributed by atoms with Gasteiger partial charge in [-0.15, -0.1) is 0 Å². The highest BCUT2D eigenvalue weighted by Gasteiger charge is 2.25. The molecule has 0 saturated carbocycles. The van der Waals surface area contributed by atoms with Crippen LogP contribution in [0.15, 0.2) is 36.5 Å². The predicted octanol–water partition coefficient (Wildman–Crippen LogP) is 3.13. The summed E-state index contributed by atoms with van der Waals surface area (Å²) in [4.78, 5) is 4.48. The van der Waals surface area contributed by atoms with E-state index in [1.807, 2.05) is 24.0 Å². The molecule has 0 radical (unpaired) electrons. The second kappa shape index (κ2) is 4.67. The molecule has 2 heterocycles. The highest BCUT2D eigenvalue weighted by molar-refractivity contribution is 8.00. The van der Waals surface area contributed by atoms with Crippen LogP contribution in [-0.2, 0) is 0 Å². The van der Waals surface area contributed by atoms with Crippen molar-refractivity contribution in [1.82, 2.24) is 4.98 Å². The van der Waals surface area contributed by atoms with Gasteiger partial charge in [0.15, 0.2) is 0 Å². The van der Waals surface area contributed by atoms with E-state index in [1.54, 1.807) is 0 Å². The van der Waals surface area contributed by atoms with E-state index >= 15 is 0 Å². The molecule has 3 heteroatoms. The van der Waals surface area contributed by atoms with E-state index < -0.39 is 0 Å². The Bertz CT molecular complexity index is 515. The monoisotopic (exact) mass is 244 g/mol. The summed E-state index contributed by atoms with van der Waals surface area (Å²) in [5.74, 6) is 1.25. The molecule has 0 bridgehead atoms. The lowest BCUT2D eigenvalue weighted by Gasteiger charge is -2.19. The van der Waals surface area contributed by atoms with Gasteiger partial charge in [-0.2, -0.15) is 11.8 Å². The van der Waals surface area contributed by atoms with E-state index in [9.17, 15) is 0 Å². The molecule has 2 aromatic rings. The van der Waals surface area contributed by atoms with Crippen molar-refractivity contribution < 1.29 is 0 Å². The molecule has 0 amide bonds. The van der Waals surface area contributed by atoms with E-state index in [2.05, 4.69) is 29.2 Å². The molecule has 17 heavy (non-hydrogen) atoms. The van der Waals surface area contributed by atoms with Gasteiger partial charge in [0, 0.05) is 22.9 Å². The molecule has 88 valence electrons. The molecule has 1 saturated heterocycles. The summed E-state index contributed by atoms with van der Waals surface area (Å²) in [6.45, 7) is 0. The summed E-state index contributed by atoms with van der Waals surface area (Å²) < 4.78 is 0. The van der Waals surface area contributed by atoms with Crippen LogP contribution < -0.4 is 5.73 Å². The van der Waals surface area contributed by atoms with Crippen LogP contribution in [-0.4, -0.2) is 16.0 Å². The van der Waals surface area contributed by atoms with Gasteiger partial charge < -0.3 is 5.73 Å². The number of nitrogens with zero attached hydrogens (tertiary/aromatic N) is 1. The molecule has 1 aromatic carbocycles. The van der Waals surface area contributed by atoms with Crippen LogP contribution in [0.4, 0.5) is 0 Å². The summed E-state index contributed by atoms with van der Waals surface area (Å²) in [6.07, 6.45) is 4.37. The molecule has 2 nitrogen and oxygen atoms in total. The van der Waals surface area contributed by atoms with Gasteiger partial charge in [-0.05, 0) is 30.2 Å². The van der Waals surface area contributed by atoms with Crippen molar-refractivity contribution >= 4 is 22.7 Å². The molecule has 0 aliphatic carbocycles. The van der Waals surface area contributed by atoms with E-state index in [-0.39, 0.29) is 6.04 Å².